The largest absolute Gasteiger partial charge is 0.358 e. The van der Waals surface area contributed by atoms with Crippen molar-refractivity contribution in [3.63, 3.8) is 0 Å². The van der Waals surface area contributed by atoms with Crippen LogP contribution in [0.25, 0.3) is 22.4 Å². The minimum atomic E-state index is -3.55. The van der Waals surface area contributed by atoms with Crippen LogP contribution in [-0.2, 0) is 14.6 Å². The molecule has 1 unspecified atom stereocenters. The van der Waals surface area contributed by atoms with Gasteiger partial charge in [-0.15, -0.1) is 11.3 Å². The second-order valence-electron chi connectivity index (χ2n) is 8.76. The Balaban J connectivity index is 1.61. The summed E-state index contributed by atoms with van der Waals surface area (Å²) in [6.07, 6.45) is 4.03. The van der Waals surface area contributed by atoms with Crippen molar-refractivity contribution in [2.24, 2.45) is 0 Å². The van der Waals surface area contributed by atoms with E-state index in [0.29, 0.717) is 29.1 Å². The zero-order valence-electron chi connectivity index (χ0n) is 19.9. The van der Waals surface area contributed by atoms with E-state index >= 15 is 0 Å². The van der Waals surface area contributed by atoms with Gasteiger partial charge in [0.05, 0.1) is 27.0 Å². The predicted octanol–water partition coefficient (Wildman–Crippen LogP) is 5.98. The Morgan fingerprint density at radius 1 is 1.11 bits per heavy atom. The number of pyridine rings is 1. The van der Waals surface area contributed by atoms with Gasteiger partial charge >= 0.3 is 0 Å². The Bertz CT molecular complexity index is 1540. The highest BCUT2D eigenvalue weighted by atomic mass is 35.5. The number of halogens is 1. The lowest BCUT2D eigenvalue weighted by Gasteiger charge is -2.25. The number of rotatable bonds is 5. The molecule has 0 radical (unpaired) electrons. The molecular formula is C24H26ClN5O3S2. The maximum absolute atomic E-state index is 12.8. The molecule has 1 saturated heterocycles. The predicted molar refractivity (Wildman–Crippen MR) is 140 cm³/mol. The Kier molecular flexibility index (Phi) is 6.33. The van der Waals surface area contributed by atoms with Gasteiger partial charge in [0.2, 0.25) is 0 Å². The summed E-state index contributed by atoms with van der Waals surface area (Å²) in [6, 6.07) is 6.96. The van der Waals surface area contributed by atoms with Gasteiger partial charge in [0, 0.05) is 29.4 Å². The van der Waals surface area contributed by atoms with Crippen LogP contribution in [0.15, 0.2) is 29.2 Å². The summed E-state index contributed by atoms with van der Waals surface area (Å²) in [6.45, 7) is 6.52. The van der Waals surface area contributed by atoms with Crippen molar-refractivity contribution in [1.29, 1.82) is 0 Å². The molecule has 4 heterocycles. The van der Waals surface area contributed by atoms with Crippen LogP contribution in [0.5, 0.6) is 0 Å². The molecule has 0 aliphatic carbocycles. The lowest BCUT2D eigenvalue weighted by Crippen LogP contribution is -2.19. The molecule has 8 nitrogen and oxygen atoms in total. The number of hydrogen-bond donors (Lipinski definition) is 1. The molecule has 1 aliphatic heterocycles. The van der Waals surface area contributed by atoms with E-state index in [9.17, 15) is 8.42 Å². The van der Waals surface area contributed by atoms with Crippen LogP contribution >= 0.6 is 22.9 Å². The SMILES string of the molecule is Cc1nc(-c2ccc(Nc3cc(Cl)nc4c3nc(C)n4C3CCCCO3)c(S(C)(=O)=O)c2)c(C)s1. The van der Waals surface area contributed by atoms with Crippen LogP contribution in [0.1, 0.15) is 41.2 Å². The van der Waals surface area contributed by atoms with Crippen LogP contribution in [-0.4, -0.2) is 40.8 Å². The smallest absolute Gasteiger partial charge is 0.177 e. The van der Waals surface area contributed by atoms with Crippen LogP contribution < -0.4 is 5.32 Å². The second kappa shape index (κ2) is 9.16. The van der Waals surface area contributed by atoms with Crippen LogP contribution in [0.3, 0.4) is 0 Å². The molecule has 5 rings (SSSR count). The average Bonchev–Trinajstić information content (AvgIpc) is 3.31. The molecule has 0 spiro atoms. The molecule has 0 bridgehead atoms. The van der Waals surface area contributed by atoms with E-state index in [4.69, 9.17) is 21.3 Å². The third-order valence-electron chi connectivity index (χ3n) is 6.06. The van der Waals surface area contributed by atoms with Crippen molar-refractivity contribution in [2.75, 3.05) is 18.2 Å². The molecule has 3 aromatic heterocycles. The summed E-state index contributed by atoms with van der Waals surface area (Å²) in [5.41, 5.74) is 3.78. The van der Waals surface area contributed by atoms with E-state index in [1.807, 2.05) is 31.4 Å². The molecule has 1 aliphatic rings. The van der Waals surface area contributed by atoms with E-state index < -0.39 is 9.84 Å². The Labute approximate surface area is 213 Å². The third kappa shape index (κ3) is 4.67. The standard InChI is InChI=1S/C24H26ClN5O3S2/c1-13-22(27-15(3)34-13)16-8-9-17(19(11-16)35(4,31)32)28-18-12-20(25)29-24-23(18)26-14(2)30(24)21-7-5-6-10-33-21/h8-9,11-12,21H,5-7,10H2,1-4H3,(H,28,29). The fourth-order valence-electron chi connectivity index (χ4n) is 4.53. The van der Waals surface area contributed by atoms with Crippen LogP contribution in [0.4, 0.5) is 11.4 Å². The highest BCUT2D eigenvalue weighted by Crippen LogP contribution is 2.36. The molecule has 35 heavy (non-hydrogen) atoms. The molecule has 0 saturated carbocycles. The first kappa shape index (κ1) is 24.2. The molecule has 1 fully saturated rings. The average molecular weight is 532 g/mol. The summed E-state index contributed by atoms with van der Waals surface area (Å²) in [5.74, 6) is 0.762. The quantitative estimate of drug-likeness (QED) is 0.316. The number of fused-ring (bicyclic) bond motifs is 1. The summed E-state index contributed by atoms with van der Waals surface area (Å²) < 4.78 is 33.5. The Morgan fingerprint density at radius 2 is 1.91 bits per heavy atom. The number of nitrogens with zero attached hydrogens (tertiary/aromatic N) is 4. The number of imidazole rings is 1. The maximum Gasteiger partial charge on any atom is 0.177 e. The minimum Gasteiger partial charge on any atom is -0.358 e. The van der Waals surface area contributed by atoms with Gasteiger partial charge in [0.15, 0.2) is 15.5 Å². The van der Waals surface area contributed by atoms with Gasteiger partial charge in [-0.25, -0.2) is 23.4 Å². The third-order valence-corrected chi connectivity index (χ3v) is 8.28. The van der Waals surface area contributed by atoms with Gasteiger partial charge in [-0.05, 0) is 52.2 Å². The van der Waals surface area contributed by atoms with Crippen molar-refractivity contribution in [1.82, 2.24) is 19.5 Å². The van der Waals surface area contributed by atoms with Crippen LogP contribution in [0.2, 0.25) is 5.15 Å². The molecule has 1 atom stereocenters. The molecule has 4 aromatic rings. The Hall–Kier alpha value is -2.53. The number of hydrogen-bond acceptors (Lipinski definition) is 8. The van der Waals surface area contributed by atoms with Crippen molar-refractivity contribution < 1.29 is 13.2 Å². The summed E-state index contributed by atoms with van der Waals surface area (Å²) in [5, 5.41) is 4.48. The number of sulfone groups is 1. The first-order valence-corrected chi connectivity index (χ1v) is 14.4. The van der Waals surface area contributed by atoms with E-state index in [1.54, 1.807) is 29.5 Å². The number of thiazole rings is 1. The fourth-order valence-corrected chi connectivity index (χ4v) is 6.42. The van der Waals surface area contributed by atoms with Crippen LogP contribution in [0, 0.1) is 20.8 Å². The lowest BCUT2D eigenvalue weighted by atomic mass is 10.1. The summed E-state index contributed by atoms with van der Waals surface area (Å²) >= 11 is 7.99. The van der Waals surface area contributed by atoms with Crippen molar-refractivity contribution >= 4 is 55.3 Å². The molecule has 184 valence electrons. The van der Waals surface area contributed by atoms with E-state index in [0.717, 1.165) is 46.2 Å². The normalized spacial score (nSPS) is 16.7. The fraction of sp³-hybridized carbons (Fsp3) is 0.375. The molecule has 11 heteroatoms. The molecule has 1 aromatic carbocycles. The van der Waals surface area contributed by atoms with Gasteiger partial charge < -0.3 is 10.1 Å². The second-order valence-corrected chi connectivity index (χ2v) is 12.5. The van der Waals surface area contributed by atoms with E-state index in [-0.39, 0.29) is 16.3 Å². The zero-order valence-corrected chi connectivity index (χ0v) is 22.3. The Morgan fingerprint density at radius 3 is 2.57 bits per heavy atom. The van der Waals surface area contributed by atoms with E-state index in [1.165, 1.54) is 6.26 Å². The van der Waals surface area contributed by atoms with Gasteiger partial charge in [0.1, 0.15) is 22.7 Å². The number of anilines is 2. The summed E-state index contributed by atoms with van der Waals surface area (Å²) in [4.78, 5) is 15.1. The van der Waals surface area contributed by atoms with Crippen molar-refractivity contribution in [2.45, 2.75) is 51.2 Å². The topological polar surface area (TPSA) is 99.0 Å². The van der Waals surface area contributed by atoms with Gasteiger partial charge in [-0.2, -0.15) is 0 Å². The number of ether oxygens (including phenoxy) is 1. The number of benzene rings is 1. The minimum absolute atomic E-state index is 0.150. The number of nitrogens with one attached hydrogen (secondary N) is 1. The highest BCUT2D eigenvalue weighted by Gasteiger charge is 2.24. The maximum atomic E-state index is 12.8. The molecule has 1 N–H and O–H groups in total. The van der Waals surface area contributed by atoms with Gasteiger partial charge in [0.25, 0.3) is 0 Å². The summed E-state index contributed by atoms with van der Waals surface area (Å²) in [7, 11) is -3.55. The molecular weight excluding hydrogens is 506 g/mol. The first-order chi connectivity index (χ1) is 16.6. The van der Waals surface area contributed by atoms with Crippen molar-refractivity contribution in [3.05, 3.63) is 45.1 Å². The van der Waals surface area contributed by atoms with E-state index in [2.05, 4.69) is 15.3 Å². The van der Waals surface area contributed by atoms with Gasteiger partial charge in [-0.3, -0.25) is 4.57 Å². The highest BCUT2D eigenvalue weighted by molar-refractivity contribution is 7.90. The van der Waals surface area contributed by atoms with Gasteiger partial charge in [-0.1, -0.05) is 17.7 Å². The first-order valence-electron chi connectivity index (χ1n) is 11.3. The lowest BCUT2D eigenvalue weighted by molar-refractivity contribution is -0.0309. The zero-order chi connectivity index (χ0) is 24.9. The number of aryl methyl sites for hydroxylation is 3. The molecule has 0 amide bonds. The monoisotopic (exact) mass is 531 g/mol. The van der Waals surface area contributed by atoms with Crippen molar-refractivity contribution in [3.8, 4) is 11.3 Å². The number of aromatic nitrogens is 4.